The number of hydrogen-bond acceptors (Lipinski definition) is 10. The molecule has 9 nitrogen and oxygen atoms in total. The molecule has 0 amide bonds. The number of aldehydes is 1. The molecule has 0 unspecified atom stereocenters. The second kappa shape index (κ2) is 10.8. The number of carbonyl (C=O) groups is 2. The van der Waals surface area contributed by atoms with E-state index >= 15 is 0 Å². The topological polar surface area (TPSA) is 129 Å². The summed E-state index contributed by atoms with van der Waals surface area (Å²) >= 11 is 1.30. The van der Waals surface area contributed by atoms with Crippen LogP contribution in [0.3, 0.4) is 0 Å². The van der Waals surface area contributed by atoms with Crippen molar-refractivity contribution in [2.24, 2.45) is 5.10 Å². The van der Waals surface area contributed by atoms with E-state index in [1.54, 1.807) is 37.4 Å². The molecule has 0 fully saturated rings. The Balaban J connectivity index is 2.45. The van der Waals surface area contributed by atoms with Gasteiger partial charge in [0.2, 0.25) is 0 Å². The SMILES string of the molecule is CCOC(=O)c1c(CC=O)nc(SC)nc1Nc1cccc(N/N=C\C=N)c1. The van der Waals surface area contributed by atoms with Gasteiger partial charge in [0.25, 0.3) is 0 Å². The molecule has 0 aliphatic carbocycles. The molecule has 146 valence electrons. The van der Waals surface area contributed by atoms with Crippen LogP contribution < -0.4 is 10.7 Å². The van der Waals surface area contributed by atoms with Crippen LogP contribution in [0.4, 0.5) is 17.2 Å². The van der Waals surface area contributed by atoms with Crippen LogP contribution >= 0.6 is 11.8 Å². The number of anilines is 3. The first-order valence-corrected chi connectivity index (χ1v) is 9.56. The van der Waals surface area contributed by atoms with Crippen molar-refractivity contribution in [1.29, 1.82) is 5.41 Å². The molecule has 0 bridgehead atoms. The van der Waals surface area contributed by atoms with Gasteiger partial charge >= 0.3 is 5.97 Å². The van der Waals surface area contributed by atoms with Crippen LogP contribution in [0.1, 0.15) is 23.0 Å². The fraction of sp³-hybridized carbons (Fsp3) is 0.222. The van der Waals surface area contributed by atoms with Crippen LogP contribution in [0.5, 0.6) is 0 Å². The van der Waals surface area contributed by atoms with Gasteiger partial charge in [0.1, 0.15) is 17.7 Å². The molecule has 0 saturated heterocycles. The minimum atomic E-state index is -0.598. The number of hydrazone groups is 1. The van der Waals surface area contributed by atoms with E-state index in [2.05, 4.69) is 25.8 Å². The summed E-state index contributed by atoms with van der Waals surface area (Å²) in [7, 11) is 0. The van der Waals surface area contributed by atoms with Crippen LogP contribution in [0, 0.1) is 5.41 Å². The molecule has 1 heterocycles. The van der Waals surface area contributed by atoms with Crippen molar-refractivity contribution in [2.75, 3.05) is 23.6 Å². The van der Waals surface area contributed by atoms with Crippen molar-refractivity contribution in [1.82, 2.24) is 9.97 Å². The molecule has 2 rings (SSSR count). The Labute approximate surface area is 166 Å². The maximum Gasteiger partial charge on any atom is 0.343 e. The number of thioether (sulfide) groups is 1. The molecule has 0 aliphatic rings. The molecule has 0 radical (unpaired) electrons. The lowest BCUT2D eigenvalue weighted by atomic mass is 10.1. The van der Waals surface area contributed by atoms with Crippen LogP contribution in [-0.2, 0) is 16.0 Å². The van der Waals surface area contributed by atoms with Gasteiger partial charge in [0.15, 0.2) is 5.16 Å². The number of rotatable bonds is 10. The molecule has 1 aromatic carbocycles. The van der Waals surface area contributed by atoms with Crippen LogP contribution in [0.2, 0.25) is 0 Å². The molecule has 1 aromatic heterocycles. The average molecular weight is 400 g/mol. The molecular weight excluding hydrogens is 380 g/mol. The van der Waals surface area contributed by atoms with Gasteiger partial charge < -0.3 is 20.3 Å². The lowest BCUT2D eigenvalue weighted by molar-refractivity contribution is -0.107. The minimum Gasteiger partial charge on any atom is -0.462 e. The van der Waals surface area contributed by atoms with Gasteiger partial charge in [0.05, 0.1) is 24.2 Å². The summed E-state index contributed by atoms with van der Waals surface area (Å²) < 4.78 is 5.12. The Bertz CT molecular complexity index is 888. The zero-order chi connectivity index (χ0) is 20.4. The highest BCUT2D eigenvalue weighted by molar-refractivity contribution is 7.98. The smallest absolute Gasteiger partial charge is 0.343 e. The maximum absolute atomic E-state index is 12.5. The Morgan fingerprint density at radius 1 is 1.36 bits per heavy atom. The largest absolute Gasteiger partial charge is 0.462 e. The number of nitrogens with one attached hydrogen (secondary N) is 3. The third kappa shape index (κ3) is 5.61. The number of carbonyl (C=O) groups excluding carboxylic acids is 2. The lowest BCUT2D eigenvalue weighted by Gasteiger charge is -2.15. The summed E-state index contributed by atoms with van der Waals surface area (Å²) in [5.41, 5.74) is 4.54. The van der Waals surface area contributed by atoms with E-state index in [-0.39, 0.29) is 24.4 Å². The van der Waals surface area contributed by atoms with Gasteiger partial charge in [0, 0.05) is 18.3 Å². The van der Waals surface area contributed by atoms with Crippen molar-refractivity contribution in [3.8, 4) is 0 Å². The van der Waals surface area contributed by atoms with Crippen molar-refractivity contribution in [3.05, 3.63) is 35.5 Å². The standard InChI is InChI=1S/C18H20N6O3S/c1-3-27-17(26)15-14(7-10-25)22-18(28-2)23-16(15)21-12-5-4-6-13(11-12)24-20-9-8-19/h4-6,8-11,19,24H,3,7H2,1-2H3,(H,21,22,23)/b19-8?,20-9-. The van der Waals surface area contributed by atoms with Crippen molar-refractivity contribution in [2.45, 2.75) is 18.5 Å². The Kier molecular flexibility index (Phi) is 8.10. The zero-order valence-electron chi connectivity index (χ0n) is 15.4. The average Bonchev–Trinajstić information content (AvgIpc) is 2.68. The third-order valence-electron chi connectivity index (χ3n) is 3.37. The van der Waals surface area contributed by atoms with Gasteiger partial charge in [-0.15, -0.1) is 0 Å². The monoisotopic (exact) mass is 400 g/mol. The van der Waals surface area contributed by atoms with E-state index in [0.717, 1.165) is 6.21 Å². The van der Waals surface area contributed by atoms with E-state index in [1.165, 1.54) is 18.0 Å². The number of ether oxygens (including phenoxy) is 1. The van der Waals surface area contributed by atoms with Crippen molar-refractivity contribution >= 4 is 53.6 Å². The predicted molar refractivity (Wildman–Crippen MR) is 110 cm³/mol. The van der Waals surface area contributed by atoms with Gasteiger partial charge in [-0.3, -0.25) is 5.43 Å². The second-order valence-electron chi connectivity index (χ2n) is 5.23. The highest BCUT2D eigenvalue weighted by atomic mass is 32.2. The summed E-state index contributed by atoms with van der Waals surface area (Å²) in [6.07, 6.45) is 4.82. The van der Waals surface area contributed by atoms with Gasteiger partial charge in [-0.1, -0.05) is 17.8 Å². The molecular formula is C18H20N6O3S. The summed E-state index contributed by atoms with van der Waals surface area (Å²) in [6.45, 7) is 1.89. The Morgan fingerprint density at radius 3 is 2.82 bits per heavy atom. The summed E-state index contributed by atoms with van der Waals surface area (Å²) in [4.78, 5) is 32.2. The van der Waals surface area contributed by atoms with Crippen molar-refractivity contribution < 1.29 is 14.3 Å². The number of aromatic nitrogens is 2. The summed E-state index contributed by atoms with van der Waals surface area (Å²) in [5.74, 6) is -0.339. The third-order valence-corrected chi connectivity index (χ3v) is 3.92. The van der Waals surface area contributed by atoms with Gasteiger partial charge in [-0.05, 0) is 31.4 Å². The van der Waals surface area contributed by atoms with Crippen LogP contribution in [0.25, 0.3) is 0 Å². The lowest BCUT2D eigenvalue weighted by Crippen LogP contribution is -2.15. The predicted octanol–water partition coefficient (Wildman–Crippen LogP) is 2.91. The van der Waals surface area contributed by atoms with E-state index in [1.807, 2.05) is 0 Å². The van der Waals surface area contributed by atoms with Crippen LogP contribution in [-0.4, -0.2) is 47.5 Å². The maximum atomic E-state index is 12.5. The summed E-state index contributed by atoms with van der Waals surface area (Å²) in [5, 5.41) is 14.3. The highest BCUT2D eigenvalue weighted by Crippen LogP contribution is 2.26. The molecule has 0 spiro atoms. The molecule has 28 heavy (non-hydrogen) atoms. The summed E-state index contributed by atoms with van der Waals surface area (Å²) in [6, 6.07) is 7.14. The molecule has 2 aromatic rings. The fourth-order valence-electron chi connectivity index (χ4n) is 2.26. The fourth-order valence-corrected chi connectivity index (χ4v) is 2.65. The molecule has 0 atom stereocenters. The number of nitrogens with zero attached hydrogens (tertiary/aromatic N) is 3. The Hall–Kier alpha value is -3.27. The highest BCUT2D eigenvalue weighted by Gasteiger charge is 2.22. The Morgan fingerprint density at radius 2 is 2.14 bits per heavy atom. The van der Waals surface area contributed by atoms with Gasteiger partial charge in [-0.2, -0.15) is 5.10 Å². The van der Waals surface area contributed by atoms with E-state index in [9.17, 15) is 9.59 Å². The minimum absolute atomic E-state index is 0.0289. The normalized spacial score (nSPS) is 10.5. The van der Waals surface area contributed by atoms with Crippen molar-refractivity contribution in [3.63, 3.8) is 0 Å². The number of hydrogen-bond donors (Lipinski definition) is 3. The van der Waals surface area contributed by atoms with E-state index in [4.69, 9.17) is 10.1 Å². The van der Waals surface area contributed by atoms with Crippen LogP contribution in [0.15, 0.2) is 34.5 Å². The molecule has 3 N–H and O–H groups in total. The van der Waals surface area contributed by atoms with E-state index in [0.29, 0.717) is 28.5 Å². The van der Waals surface area contributed by atoms with Gasteiger partial charge in [-0.25, -0.2) is 14.8 Å². The first-order chi connectivity index (χ1) is 13.6. The molecule has 10 heteroatoms. The van der Waals surface area contributed by atoms with E-state index < -0.39 is 5.97 Å². The number of benzene rings is 1. The zero-order valence-corrected chi connectivity index (χ0v) is 16.2. The number of esters is 1. The molecule has 0 aliphatic heterocycles. The quantitative estimate of drug-likeness (QED) is 0.139. The first kappa shape index (κ1) is 21.0. The molecule has 0 saturated carbocycles. The second-order valence-corrected chi connectivity index (χ2v) is 6.01. The first-order valence-electron chi connectivity index (χ1n) is 8.33.